The van der Waals surface area contributed by atoms with Gasteiger partial charge in [0.15, 0.2) is 0 Å². The molecule has 1 heterocycles. The molecule has 0 saturated carbocycles. The molecule has 138 valence electrons. The molecule has 26 heavy (non-hydrogen) atoms. The Hall–Kier alpha value is -2.38. The second-order valence-electron chi connectivity index (χ2n) is 6.44. The molecular formula is C19H23N3O3S. The fourth-order valence-electron chi connectivity index (χ4n) is 3.12. The molecule has 1 saturated heterocycles. The van der Waals surface area contributed by atoms with Crippen LogP contribution < -0.4 is 5.73 Å². The molecule has 1 aliphatic rings. The number of rotatable bonds is 3. The van der Waals surface area contributed by atoms with Crippen LogP contribution in [0.15, 0.2) is 53.4 Å². The SMILES string of the molecule is Cc1ccc(N)cc1C(=O)N1CCCN(S(=O)(=O)c2ccccc2)CC1. The Morgan fingerprint density at radius 3 is 2.46 bits per heavy atom. The van der Waals surface area contributed by atoms with Crippen LogP contribution in [0, 0.1) is 6.92 Å². The van der Waals surface area contributed by atoms with Crippen LogP contribution in [-0.2, 0) is 10.0 Å². The highest BCUT2D eigenvalue weighted by Gasteiger charge is 2.28. The summed E-state index contributed by atoms with van der Waals surface area (Å²) >= 11 is 0. The highest BCUT2D eigenvalue weighted by atomic mass is 32.2. The van der Waals surface area contributed by atoms with E-state index in [1.165, 1.54) is 4.31 Å². The van der Waals surface area contributed by atoms with Crippen LogP contribution in [0.4, 0.5) is 5.69 Å². The molecule has 0 unspecified atom stereocenters. The number of amides is 1. The van der Waals surface area contributed by atoms with Gasteiger partial charge in [0.25, 0.3) is 5.91 Å². The summed E-state index contributed by atoms with van der Waals surface area (Å²) in [5.74, 6) is -0.103. The topological polar surface area (TPSA) is 83.7 Å². The third-order valence-corrected chi connectivity index (χ3v) is 6.53. The maximum absolute atomic E-state index is 12.9. The lowest BCUT2D eigenvalue weighted by molar-refractivity contribution is 0.0763. The van der Waals surface area contributed by atoms with Crippen molar-refractivity contribution < 1.29 is 13.2 Å². The van der Waals surface area contributed by atoms with Gasteiger partial charge in [-0.05, 0) is 43.2 Å². The molecule has 6 nitrogen and oxygen atoms in total. The van der Waals surface area contributed by atoms with Gasteiger partial charge in [0, 0.05) is 37.4 Å². The fourth-order valence-corrected chi connectivity index (χ4v) is 4.61. The first-order valence-electron chi connectivity index (χ1n) is 8.60. The Morgan fingerprint density at radius 1 is 1.00 bits per heavy atom. The molecule has 2 aromatic rings. The Balaban J connectivity index is 1.76. The molecule has 1 amide bonds. The Kier molecular flexibility index (Phi) is 5.29. The number of carbonyl (C=O) groups is 1. The molecule has 7 heteroatoms. The summed E-state index contributed by atoms with van der Waals surface area (Å²) in [5, 5.41) is 0. The minimum atomic E-state index is -3.54. The van der Waals surface area contributed by atoms with Crippen LogP contribution in [0.25, 0.3) is 0 Å². The molecule has 0 spiro atoms. The number of benzene rings is 2. The van der Waals surface area contributed by atoms with Gasteiger partial charge in [0.1, 0.15) is 0 Å². The van der Waals surface area contributed by atoms with Crippen molar-refractivity contribution in [3.05, 3.63) is 59.7 Å². The Bertz CT molecular complexity index is 898. The minimum absolute atomic E-state index is 0.103. The van der Waals surface area contributed by atoms with Crippen molar-refractivity contribution in [3.8, 4) is 0 Å². The second-order valence-corrected chi connectivity index (χ2v) is 8.38. The third-order valence-electron chi connectivity index (χ3n) is 4.62. The van der Waals surface area contributed by atoms with E-state index in [1.807, 2.05) is 13.0 Å². The van der Waals surface area contributed by atoms with Gasteiger partial charge in [-0.25, -0.2) is 8.42 Å². The molecule has 2 N–H and O–H groups in total. The van der Waals surface area contributed by atoms with Crippen molar-refractivity contribution in [1.82, 2.24) is 9.21 Å². The predicted octanol–water partition coefficient (Wildman–Crippen LogP) is 2.11. The first-order valence-corrected chi connectivity index (χ1v) is 10.0. The molecule has 2 aromatic carbocycles. The number of nitrogens with two attached hydrogens (primary N) is 1. The summed E-state index contributed by atoms with van der Waals surface area (Å²) in [7, 11) is -3.54. The van der Waals surface area contributed by atoms with Crippen molar-refractivity contribution in [3.63, 3.8) is 0 Å². The van der Waals surface area contributed by atoms with Gasteiger partial charge in [0.05, 0.1) is 4.90 Å². The smallest absolute Gasteiger partial charge is 0.254 e. The Labute approximate surface area is 154 Å². The molecule has 0 radical (unpaired) electrons. The highest BCUT2D eigenvalue weighted by Crippen LogP contribution is 2.20. The Morgan fingerprint density at radius 2 is 1.73 bits per heavy atom. The number of sulfonamides is 1. The minimum Gasteiger partial charge on any atom is -0.399 e. The molecule has 0 aromatic heterocycles. The lowest BCUT2D eigenvalue weighted by atomic mass is 10.1. The number of anilines is 1. The van der Waals surface area contributed by atoms with Crippen LogP contribution in [0.3, 0.4) is 0 Å². The average Bonchev–Trinajstić information content (AvgIpc) is 2.90. The van der Waals surface area contributed by atoms with Gasteiger partial charge in [-0.1, -0.05) is 24.3 Å². The van der Waals surface area contributed by atoms with Crippen LogP contribution in [0.2, 0.25) is 0 Å². The largest absolute Gasteiger partial charge is 0.399 e. The lowest BCUT2D eigenvalue weighted by Gasteiger charge is -2.22. The first-order chi connectivity index (χ1) is 12.4. The molecule has 3 rings (SSSR count). The van der Waals surface area contributed by atoms with Crippen molar-refractivity contribution in [2.45, 2.75) is 18.2 Å². The number of carbonyl (C=O) groups excluding carboxylic acids is 1. The summed E-state index contributed by atoms with van der Waals surface area (Å²) in [6.07, 6.45) is 0.596. The van der Waals surface area contributed by atoms with Crippen LogP contribution >= 0.6 is 0 Å². The van der Waals surface area contributed by atoms with E-state index in [9.17, 15) is 13.2 Å². The molecule has 0 aliphatic carbocycles. The van der Waals surface area contributed by atoms with E-state index in [1.54, 1.807) is 47.4 Å². The fraction of sp³-hybridized carbons (Fsp3) is 0.316. The quantitative estimate of drug-likeness (QED) is 0.835. The molecule has 0 atom stereocenters. The molecule has 0 bridgehead atoms. The van der Waals surface area contributed by atoms with Crippen LogP contribution in [-0.4, -0.2) is 49.7 Å². The molecule has 1 aliphatic heterocycles. The third kappa shape index (κ3) is 3.73. The van der Waals surface area contributed by atoms with Gasteiger partial charge in [-0.3, -0.25) is 4.79 Å². The number of nitrogens with zero attached hydrogens (tertiary/aromatic N) is 2. The number of aryl methyl sites for hydroxylation is 1. The van der Waals surface area contributed by atoms with E-state index in [4.69, 9.17) is 5.73 Å². The maximum atomic E-state index is 12.9. The number of hydrogen-bond acceptors (Lipinski definition) is 4. The van der Waals surface area contributed by atoms with E-state index in [0.717, 1.165) is 5.56 Å². The predicted molar refractivity (Wildman–Crippen MR) is 101 cm³/mol. The molecular weight excluding hydrogens is 350 g/mol. The van der Waals surface area contributed by atoms with Crippen LogP contribution in [0.1, 0.15) is 22.3 Å². The van der Waals surface area contributed by atoms with E-state index < -0.39 is 10.0 Å². The lowest BCUT2D eigenvalue weighted by Crippen LogP contribution is -2.37. The van der Waals surface area contributed by atoms with Gasteiger partial charge >= 0.3 is 0 Å². The zero-order chi connectivity index (χ0) is 18.7. The van der Waals surface area contributed by atoms with Crippen molar-refractivity contribution in [2.24, 2.45) is 0 Å². The average molecular weight is 373 g/mol. The van der Waals surface area contributed by atoms with Crippen molar-refractivity contribution >= 4 is 21.6 Å². The van der Waals surface area contributed by atoms with E-state index in [0.29, 0.717) is 37.3 Å². The van der Waals surface area contributed by atoms with Gasteiger partial charge in [-0.15, -0.1) is 0 Å². The van der Waals surface area contributed by atoms with E-state index in [2.05, 4.69) is 0 Å². The van der Waals surface area contributed by atoms with Gasteiger partial charge in [-0.2, -0.15) is 4.31 Å². The monoisotopic (exact) mass is 373 g/mol. The summed E-state index contributed by atoms with van der Waals surface area (Å²) in [6, 6.07) is 13.7. The maximum Gasteiger partial charge on any atom is 0.254 e. The zero-order valence-corrected chi connectivity index (χ0v) is 15.6. The standard InChI is InChI=1S/C19H23N3O3S/c1-15-8-9-16(20)14-18(15)19(23)21-10-5-11-22(13-12-21)26(24,25)17-6-3-2-4-7-17/h2-4,6-9,14H,5,10-13,20H2,1H3. The highest BCUT2D eigenvalue weighted by molar-refractivity contribution is 7.89. The van der Waals surface area contributed by atoms with E-state index >= 15 is 0 Å². The van der Waals surface area contributed by atoms with Crippen LogP contribution in [0.5, 0.6) is 0 Å². The summed E-state index contributed by atoms with van der Waals surface area (Å²) < 4.78 is 27.0. The van der Waals surface area contributed by atoms with Gasteiger partial charge < -0.3 is 10.6 Å². The molecule has 1 fully saturated rings. The first kappa shape index (κ1) is 18.4. The zero-order valence-electron chi connectivity index (χ0n) is 14.8. The van der Waals surface area contributed by atoms with Crippen molar-refractivity contribution in [2.75, 3.05) is 31.9 Å². The summed E-state index contributed by atoms with van der Waals surface area (Å²) in [6.45, 7) is 3.44. The van der Waals surface area contributed by atoms with E-state index in [-0.39, 0.29) is 17.3 Å². The number of hydrogen-bond donors (Lipinski definition) is 1. The number of nitrogen functional groups attached to an aromatic ring is 1. The van der Waals surface area contributed by atoms with Gasteiger partial charge in [0.2, 0.25) is 10.0 Å². The second kappa shape index (κ2) is 7.47. The summed E-state index contributed by atoms with van der Waals surface area (Å²) in [4.78, 5) is 14.8. The summed E-state index contributed by atoms with van der Waals surface area (Å²) in [5.41, 5.74) is 7.79. The van der Waals surface area contributed by atoms with Crippen molar-refractivity contribution in [1.29, 1.82) is 0 Å². The normalized spacial score (nSPS) is 16.3.